The Labute approximate surface area is 82.6 Å². The average Bonchev–Trinajstić information content (AvgIpc) is 2.65. The van der Waals surface area contributed by atoms with Crippen molar-refractivity contribution in [3.8, 4) is 11.8 Å². The third-order valence-corrected chi connectivity index (χ3v) is 2.02. The third-order valence-electron chi connectivity index (χ3n) is 2.02. The molecule has 2 heteroatoms. The number of benzene rings is 1. The maximum absolute atomic E-state index is 8.58. The fourth-order valence-electron chi connectivity index (χ4n) is 1.35. The number of aromatic amines is 1. The second-order valence-corrected chi connectivity index (χ2v) is 3.06. The van der Waals surface area contributed by atoms with Crippen LogP contribution in [-0.4, -0.2) is 16.7 Å². The van der Waals surface area contributed by atoms with Crippen LogP contribution in [0.4, 0.5) is 0 Å². The molecule has 2 N–H and O–H groups in total. The van der Waals surface area contributed by atoms with Crippen LogP contribution in [0.3, 0.4) is 0 Å². The fraction of sp³-hybridized carbons (Fsp3) is 0.167. The van der Waals surface area contributed by atoms with Crippen LogP contribution in [0.25, 0.3) is 10.9 Å². The molecule has 0 bridgehead atoms. The predicted molar refractivity (Wildman–Crippen MR) is 56.9 cm³/mol. The highest BCUT2D eigenvalue weighted by atomic mass is 16.2. The number of aliphatic hydroxyl groups is 1. The maximum atomic E-state index is 8.58. The lowest BCUT2D eigenvalue weighted by Crippen LogP contribution is -1.78. The highest BCUT2D eigenvalue weighted by Gasteiger charge is 1.93. The Morgan fingerprint density at radius 2 is 2.21 bits per heavy atom. The molecule has 0 saturated carbocycles. The Hall–Kier alpha value is -1.72. The molecule has 0 amide bonds. The molecule has 0 aliphatic carbocycles. The number of aliphatic hydroxyl groups excluding tert-OH is 1. The molecule has 2 nitrogen and oxygen atoms in total. The standard InChI is InChI=1S/C12H11NO/c14-8-2-1-3-10-4-5-12-11(9-10)6-7-13-12/h4-7,9,13-14H,2,8H2. The van der Waals surface area contributed by atoms with Crippen molar-refractivity contribution in [2.24, 2.45) is 0 Å². The van der Waals surface area contributed by atoms with Gasteiger partial charge in [-0.1, -0.05) is 11.8 Å². The van der Waals surface area contributed by atoms with Gasteiger partial charge in [-0.3, -0.25) is 0 Å². The zero-order valence-corrected chi connectivity index (χ0v) is 7.75. The van der Waals surface area contributed by atoms with Crippen LogP contribution in [0, 0.1) is 11.8 Å². The van der Waals surface area contributed by atoms with Gasteiger partial charge in [0.05, 0.1) is 6.61 Å². The summed E-state index contributed by atoms with van der Waals surface area (Å²) in [6.07, 6.45) is 2.45. The van der Waals surface area contributed by atoms with Gasteiger partial charge in [0.25, 0.3) is 0 Å². The maximum Gasteiger partial charge on any atom is 0.0540 e. The molecule has 0 unspecified atom stereocenters. The smallest absolute Gasteiger partial charge is 0.0540 e. The minimum absolute atomic E-state index is 0.124. The summed E-state index contributed by atoms with van der Waals surface area (Å²) < 4.78 is 0. The van der Waals surface area contributed by atoms with Crippen LogP contribution in [0.2, 0.25) is 0 Å². The Kier molecular flexibility index (Phi) is 2.53. The first kappa shape index (κ1) is 8.86. The summed E-state index contributed by atoms with van der Waals surface area (Å²) in [7, 11) is 0. The number of nitrogens with one attached hydrogen (secondary N) is 1. The van der Waals surface area contributed by atoms with Crippen molar-refractivity contribution in [2.75, 3.05) is 6.61 Å². The van der Waals surface area contributed by atoms with Gasteiger partial charge in [-0.05, 0) is 24.3 Å². The minimum atomic E-state index is 0.124. The van der Waals surface area contributed by atoms with Crippen LogP contribution in [0.5, 0.6) is 0 Å². The van der Waals surface area contributed by atoms with Crippen molar-refractivity contribution < 1.29 is 5.11 Å². The summed E-state index contributed by atoms with van der Waals surface area (Å²) in [6.45, 7) is 0.124. The van der Waals surface area contributed by atoms with Gasteiger partial charge in [0.2, 0.25) is 0 Å². The van der Waals surface area contributed by atoms with E-state index in [9.17, 15) is 0 Å². The Morgan fingerprint density at radius 1 is 1.29 bits per heavy atom. The largest absolute Gasteiger partial charge is 0.395 e. The Bertz CT molecular complexity index is 487. The molecule has 0 radical (unpaired) electrons. The quantitative estimate of drug-likeness (QED) is 0.654. The van der Waals surface area contributed by atoms with Gasteiger partial charge in [0.1, 0.15) is 0 Å². The number of rotatable bonds is 1. The molecule has 2 rings (SSSR count). The number of hydrogen-bond donors (Lipinski definition) is 2. The van der Waals surface area contributed by atoms with E-state index in [1.54, 1.807) is 0 Å². The SMILES string of the molecule is OCCC#Cc1ccc2[nH]ccc2c1. The Morgan fingerprint density at radius 3 is 3.07 bits per heavy atom. The summed E-state index contributed by atoms with van der Waals surface area (Å²) in [5.74, 6) is 5.90. The monoisotopic (exact) mass is 185 g/mol. The second-order valence-electron chi connectivity index (χ2n) is 3.06. The van der Waals surface area contributed by atoms with E-state index in [1.807, 2.05) is 30.5 Å². The molecule has 0 fully saturated rings. The van der Waals surface area contributed by atoms with E-state index in [1.165, 1.54) is 5.39 Å². The Balaban J connectivity index is 2.31. The van der Waals surface area contributed by atoms with E-state index in [4.69, 9.17) is 5.11 Å². The van der Waals surface area contributed by atoms with Gasteiger partial charge in [0, 0.05) is 29.1 Å². The summed E-state index contributed by atoms with van der Waals surface area (Å²) in [5.41, 5.74) is 2.11. The van der Waals surface area contributed by atoms with E-state index >= 15 is 0 Å². The van der Waals surface area contributed by atoms with E-state index in [-0.39, 0.29) is 6.61 Å². The van der Waals surface area contributed by atoms with Crippen LogP contribution >= 0.6 is 0 Å². The van der Waals surface area contributed by atoms with E-state index in [0.717, 1.165) is 11.1 Å². The van der Waals surface area contributed by atoms with Crippen LogP contribution < -0.4 is 0 Å². The lowest BCUT2D eigenvalue weighted by Gasteiger charge is -1.91. The van der Waals surface area contributed by atoms with Crippen molar-refractivity contribution >= 4 is 10.9 Å². The van der Waals surface area contributed by atoms with Crippen molar-refractivity contribution in [2.45, 2.75) is 6.42 Å². The third kappa shape index (κ3) is 1.78. The molecule has 0 spiro atoms. The molecule has 2 aromatic rings. The number of hydrogen-bond acceptors (Lipinski definition) is 1. The lowest BCUT2D eigenvalue weighted by molar-refractivity contribution is 0.305. The topological polar surface area (TPSA) is 36.0 Å². The van der Waals surface area contributed by atoms with Gasteiger partial charge >= 0.3 is 0 Å². The highest BCUT2D eigenvalue weighted by Crippen LogP contribution is 2.13. The first-order valence-electron chi connectivity index (χ1n) is 4.57. The molecule has 14 heavy (non-hydrogen) atoms. The molecule has 0 aliphatic heterocycles. The van der Waals surface area contributed by atoms with E-state index in [0.29, 0.717) is 6.42 Å². The molecule has 0 atom stereocenters. The predicted octanol–water partition coefficient (Wildman–Crippen LogP) is 1.90. The number of aromatic nitrogens is 1. The van der Waals surface area contributed by atoms with Gasteiger partial charge in [-0.15, -0.1) is 0 Å². The van der Waals surface area contributed by atoms with Gasteiger partial charge < -0.3 is 10.1 Å². The van der Waals surface area contributed by atoms with Crippen molar-refractivity contribution in [1.29, 1.82) is 0 Å². The molecule has 0 saturated heterocycles. The molecule has 1 aromatic carbocycles. The summed E-state index contributed by atoms with van der Waals surface area (Å²) in [5, 5.41) is 9.74. The van der Waals surface area contributed by atoms with Crippen LogP contribution in [0.15, 0.2) is 30.5 Å². The van der Waals surface area contributed by atoms with Crippen molar-refractivity contribution in [3.05, 3.63) is 36.0 Å². The van der Waals surface area contributed by atoms with Gasteiger partial charge in [0.15, 0.2) is 0 Å². The van der Waals surface area contributed by atoms with Crippen molar-refractivity contribution in [3.63, 3.8) is 0 Å². The summed E-state index contributed by atoms with van der Waals surface area (Å²) >= 11 is 0. The minimum Gasteiger partial charge on any atom is -0.395 e. The number of fused-ring (bicyclic) bond motifs is 1. The molecule has 1 heterocycles. The zero-order chi connectivity index (χ0) is 9.80. The first-order valence-corrected chi connectivity index (χ1v) is 4.57. The summed E-state index contributed by atoms with van der Waals surface area (Å²) in [6, 6.07) is 8.05. The zero-order valence-electron chi connectivity index (χ0n) is 7.75. The molecular weight excluding hydrogens is 174 g/mol. The van der Waals surface area contributed by atoms with Crippen LogP contribution in [0.1, 0.15) is 12.0 Å². The normalized spacial score (nSPS) is 9.79. The fourth-order valence-corrected chi connectivity index (χ4v) is 1.35. The van der Waals surface area contributed by atoms with Crippen LogP contribution in [-0.2, 0) is 0 Å². The van der Waals surface area contributed by atoms with E-state index < -0.39 is 0 Å². The molecule has 0 aliphatic rings. The number of H-pyrrole nitrogens is 1. The van der Waals surface area contributed by atoms with Gasteiger partial charge in [-0.2, -0.15) is 0 Å². The van der Waals surface area contributed by atoms with Gasteiger partial charge in [-0.25, -0.2) is 0 Å². The lowest BCUT2D eigenvalue weighted by atomic mass is 10.1. The molecule has 1 aromatic heterocycles. The summed E-state index contributed by atoms with van der Waals surface area (Å²) in [4.78, 5) is 3.13. The first-order chi connectivity index (χ1) is 6.90. The van der Waals surface area contributed by atoms with Crippen molar-refractivity contribution in [1.82, 2.24) is 4.98 Å². The molecule has 70 valence electrons. The average molecular weight is 185 g/mol. The second kappa shape index (κ2) is 3.99. The van der Waals surface area contributed by atoms with E-state index in [2.05, 4.69) is 16.8 Å². The highest BCUT2D eigenvalue weighted by molar-refractivity contribution is 5.80. The molecular formula is C12H11NO.